The highest BCUT2D eigenvalue weighted by Gasteiger charge is 2.19. The first-order valence-corrected chi connectivity index (χ1v) is 34.6. The van der Waals surface area contributed by atoms with Gasteiger partial charge in [-0.25, -0.2) is 0 Å². The van der Waals surface area contributed by atoms with Crippen LogP contribution in [0.4, 0.5) is 0 Å². The van der Waals surface area contributed by atoms with E-state index in [0.29, 0.717) is 19.3 Å². The highest BCUT2D eigenvalue weighted by atomic mass is 16.6. The quantitative estimate of drug-likeness (QED) is 0.0261. The fourth-order valence-electron chi connectivity index (χ4n) is 9.94. The zero-order valence-electron chi connectivity index (χ0n) is 53.1. The van der Waals surface area contributed by atoms with Crippen molar-refractivity contribution >= 4 is 17.9 Å². The third-order valence-corrected chi connectivity index (χ3v) is 15.1. The number of hydrogen-bond donors (Lipinski definition) is 0. The van der Waals surface area contributed by atoms with Crippen LogP contribution in [0.15, 0.2) is 85.1 Å². The van der Waals surface area contributed by atoms with E-state index in [1.165, 1.54) is 193 Å². The lowest BCUT2D eigenvalue weighted by molar-refractivity contribution is -0.167. The minimum atomic E-state index is -0.787. The number of rotatable bonds is 63. The largest absolute Gasteiger partial charge is 0.462 e. The van der Waals surface area contributed by atoms with Crippen molar-refractivity contribution in [3.63, 3.8) is 0 Å². The number of allylic oxidation sites excluding steroid dienone is 14. The van der Waals surface area contributed by atoms with Gasteiger partial charge in [0.2, 0.25) is 0 Å². The maximum absolute atomic E-state index is 12.9. The van der Waals surface area contributed by atoms with E-state index in [1.54, 1.807) is 0 Å². The fourth-order valence-corrected chi connectivity index (χ4v) is 9.94. The molecule has 0 aromatic carbocycles. The highest BCUT2D eigenvalue weighted by molar-refractivity contribution is 5.71. The third-order valence-electron chi connectivity index (χ3n) is 15.1. The van der Waals surface area contributed by atoms with Gasteiger partial charge in [-0.15, -0.1) is 0 Å². The van der Waals surface area contributed by atoms with E-state index in [1.807, 2.05) is 0 Å². The molecule has 0 aromatic rings. The predicted octanol–water partition coefficient (Wildman–Crippen LogP) is 23.8. The summed E-state index contributed by atoms with van der Waals surface area (Å²) in [4.78, 5) is 38.3. The molecular formula is C74H130O6. The average molecular weight is 1120 g/mol. The van der Waals surface area contributed by atoms with Crippen LogP contribution in [0, 0.1) is 0 Å². The highest BCUT2D eigenvalue weighted by Crippen LogP contribution is 2.17. The number of hydrogen-bond acceptors (Lipinski definition) is 6. The summed E-state index contributed by atoms with van der Waals surface area (Å²) >= 11 is 0. The summed E-state index contributed by atoms with van der Waals surface area (Å²) in [7, 11) is 0. The fraction of sp³-hybridized carbons (Fsp3) is 0.770. The van der Waals surface area contributed by atoms with E-state index in [2.05, 4.69) is 106 Å². The van der Waals surface area contributed by atoms with Crippen LogP contribution in [0.25, 0.3) is 0 Å². The molecule has 0 rings (SSSR count). The van der Waals surface area contributed by atoms with Crippen molar-refractivity contribution in [3.8, 4) is 0 Å². The standard InChI is InChI=1S/C74H130O6/c1-4-7-10-13-16-19-22-24-26-28-30-31-32-33-34-35-36-37-38-39-40-41-42-43-45-46-48-50-52-55-58-61-64-67-73(76)79-70-71(69-78-72(75)66-63-60-57-54-21-18-15-12-9-6-3)80-74(77)68-65-62-59-56-53-51-49-47-44-29-27-25-23-20-17-14-11-8-5-2/h8,11-12,15,17,20,22,24-25,27-28,30,44,47,71H,4-7,9-10,13-14,16,18-19,21,23,26,29,31-43,45-46,48-70H2,1-3H3/b11-8-,15-12-,20-17-,24-22-,27-25-,30-28-,47-44-. The molecule has 1 unspecified atom stereocenters. The second kappa shape index (κ2) is 68.1. The Bertz CT molecular complexity index is 1520. The molecule has 6 heteroatoms. The van der Waals surface area contributed by atoms with Gasteiger partial charge in [0.1, 0.15) is 13.2 Å². The van der Waals surface area contributed by atoms with Crippen LogP contribution in [0.3, 0.4) is 0 Å². The molecule has 0 aliphatic heterocycles. The predicted molar refractivity (Wildman–Crippen MR) is 348 cm³/mol. The number of carbonyl (C=O) groups is 3. The average Bonchev–Trinajstić information content (AvgIpc) is 3.46. The molecule has 0 saturated heterocycles. The van der Waals surface area contributed by atoms with Crippen LogP contribution in [-0.4, -0.2) is 37.2 Å². The van der Waals surface area contributed by atoms with Crippen molar-refractivity contribution in [1.29, 1.82) is 0 Å². The van der Waals surface area contributed by atoms with Crippen LogP contribution in [-0.2, 0) is 28.6 Å². The number of ether oxygens (including phenoxy) is 3. The summed E-state index contributed by atoms with van der Waals surface area (Å²) < 4.78 is 16.9. The van der Waals surface area contributed by atoms with Gasteiger partial charge >= 0.3 is 17.9 Å². The molecule has 0 radical (unpaired) electrons. The lowest BCUT2D eigenvalue weighted by Crippen LogP contribution is -2.30. The minimum absolute atomic E-state index is 0.0823. The Balaban J connectivity index is 4.10. The molecule has 0 aliphatic carbocycles. The Kier molecular flexibility index (Phi) is 65.2. The summed E-state index contributed by atoms with van der Waals surface area (Å²) in [5.41, 5.74) is 0. The first-order chi connectivity index (χ1) is 39.5. The molecule has 0 bridgehead atoms. The normalized spacial score (nSPS) is 12.6. The van der Waals surface area contributed by atoms with Crippen LogP contribution < -0.4 is 0 Å². The van der Waals surface area contributed by atoms with Gasteiger partial charge in [0.05, 0.1) is 0 Å². The Morgan fingerprint density at radius 2 is 0.512 bits per heavy atom. The third kappa shape index (κ3) is 65.4. The van der Waals surface area contributed by atoms with Crippen molar-refractivity contribution in [2.24, 2.45) is 0 Å². The topological polar surface area (TPSA) is 78.9 Å². The van der Waals surface area contributed by atoms with Gasteiger partial charge in [-0.3, -0.25) is 14.4 Å². The van der Waals surface area contributed by atoms with E-state index in [4.69, 9.17) is 14.2 Å². The van der Waals surface area contributed by atoms with Crippen LogP contribution in [0.1, 0.15) is 348 Å². The summed E-state index contributed by atoms with van der Waals surface area (Å²) in [6, 6.07) is 0. The smallest absolute Gasteiger partial charge is 0.306 e. The monoisotopic (exact) mass is 1110 g/mol. The number of carbonyl (C=O) groups excluding carboxylic acids is 3. The zero-order valence-corrected chi connectivity index (χ0v) is 53.1. The van der Waals surface area contributed by atoms with Gasteiger partial charge in [-0.05, 0) is 109 Å². The van der Waals surface area contributed by atoms with Crippen molar-refractivity contribution in [1.82, 2.24) is 0 Å². The first kappa shape index (κ1) is 76.6. The van der Waals surface area contributed by atoms with E-state index >= 15 is 0 Å². The van der Waals surface area contributed by atoms with Gasteiger partial charge in [-0.1, -0.05) is 305 Å². The molecule has 0 aromatic heterocycles. The molecule has 0 spiro atoms. The first-order valence-electron chi connectivity index (χ1n) is 34.6. The van der Waals surface area contributed by atoms with Crippen molar-refractivity contribution in [2.75, 3.05) is 13.2 Å². The number of unbranched alkanes of at least 4 members (excludes halogenated alkanes) is 38. The van der Waals surface area contributed by atoms with Gasteiger partial charge in [0, 0.05) is 19.3 Å². The number of esters is 3. The molecule has 0 N–H and O–H groups in total. The molecule has 0 saturated carbocycles. The molecule has 0 aliphatic rings. The maximum Gasteiger partial charge on any atom is 0.306 e. The molecule has 6 nitrogen and oxygen atoms in total. The second-order valence-corrected chi connectivity index (χ2v) is 23.1. The second-order valence-electron chi connectivity index (χ2n) is 23.1. The Hall–Kier alpha value is -3.41. The van der Waals surface area contributed by atoms with E-state index < -0.39 is 6.10 Å². The van der Waals surface area contributed by atoms with Crippen molar-refractivity contribution in [2.45, 2.75) is 354 Å². The van der Waals surface area contributed by atoms with Gasteiger partial charge in [0.15, 0.2) is 6.10 Å². The Morgan fingerprint density at radius 1 is 0.263 bits per heavy atom. The lowest BCUT2D eigenvalue weighted by atomic mass is 10.0. The van der Waals surface area contributed by atoms with Gasteiger partial charge in [-0.2, -0.15) is 0 Å². The zero-order chi connectivity index (χ0) is 57.8. The molecule has 0 fully saturated rings. The minimum Gasteiger partial charge on any atom is -0.462 e. The summed E-state index contributed by atoms with van der Waals surface area (Å²) in [5, 5.41) is 0. The molecular weight excluding hydrogens is 985 g/mol. The SMILES string of the molecule is CC/C=C\C/C=C\C/C=C\C/C=C\CCCCCCCCC(=O)OC(COC(=O)CCCCCCC/C=C\CCC)COC(=O)CCCCCCCCCCCCCCCCCCCCCCC/C=C\C/C=C\CCCCCCC. The van der Waals surface area contributed by atoms with Crippen LogP contribution in [0.2, 0.25) is 0 Å². The molecule has 462 valence electrons. The molecule has 0 amide bonds. The van der Waals surface area contributed by atoms with E-state index in [-0.39, 0.29) is 31.1 Å². The van der Waals surface area contributed by atoms with E-state index in [9.17, 15) is 14.4 Å². The van der Waals surface area contributed by atoms with Gasteiger partial charge in [0.25, 0.3) is 0 Å². The lowest BCUT2D eigenvalue weighted by Gasteiger charge is -2.18. The molecule has 0 heterocycles. The summed E-state index contributed by atoms with van der Waals surface area (Å²) in [6.45, 7) is 6.47. The molecule has 80 heavy (non-hydrogen) atoms. The van der Waals surface area contributed by atoms with Crippen molar-refractivity contribution in [3.05, 3.63) is 85.1 Å². The van der Waals surface area contributed by atoms with Crippen LogP contribution >= 0.6 is 0 Å². The maximum atomic E-state index is 12.9. The van der Waals surface area contributed by atoms with Crippen molar-refractivity contribution < 1.29 is 28.6 Å². The Morgan fingerprint density at radius 3 is 0.825 bits per heavy atom. The summed E-state index contributed by atoms with van der Waals surface area (Å²) in [6.07, 6.45) is 90.6. The summed E-state index contributed by atoms with van der Waals surface area (Å²) in [5.74, 6) is -0.894. The Labute approximate surface area is 496 Å². The molecule has 1 atom stereocenters. The van der Waals surface area contributed by atoms with E-state index in [0.717, 1.165) is 116 Å². The van der Waals surface area contributed by atoms with Gasteiger partial charge < -0.3 is 14.2 Å². The van der Waals surface area contributed by atoms with Crippen LogP contribution in [0.5, 0.6) is 0 Å².